The number of carbonyl (C=O) groups is 1. The number of amides is 1. The molecule has 0 aliphatic rings. The number of aromatic amines is 1. The maximum absolute atomic E-state index is 14.3. The molecule has 0 saturated heterocycles. The molecule has 4 rings (SSSR count). The Kier molecular flexibility index (Phi) is 7.51. The van der Waals surface area contributed by atoms with Gasteiger partial charge in [-0.3, -0.25) is 9.52 Å². The number of nitrogens with zero attached hydrogens (tertiary/aromatic N) is 2. The number of H-pyrrole nitrogens is 1. The van der Waals surface area contributed by atoms with E-state index in [1.54, 1.807) is 17.0 Å². The van der Waals surface area contributed by atoms with Crippen molar-refractivity contribution in [3.05, 3.63) is 88.2 Å². The number of hydrogen-bond donors (Lipinski definition) is 2. The number of para-hydroxylation sites is 2. The van der Waals surface area contributed by atoms with Gasteiger partial charge in [-0.15, -0.1) is 0 Å². The van der Waals surface area contributed by atoms with Crippen LogP contribution in [0.1, 0.15) is 58.3 Å². The van der Waals surface area contributed by atoms with Crippen molar-refractivity contribution in [3.8, 4) is 5.75 Å². The summed E-state index contributed by atoms with van der Waals surface area (Å²) >= 11 is 0. The van der Waals surface area contributed by atoms with Gasteiger partial charge in [0.2, 0.25) is 10.0 Å². The van der Waals surface area contributed by atoms with Gasteiger partial charge in [-0.25, -0.2) is 13.4 Å². The standard InChI is InChI=1S/C29H34N4O4S/c1-17(2)33(29(34)26-19(4)14-18(3)15-20(26)5)27(28-30-22-10-8-9-11-23(22)31-28)21-12-13-25(37-6)24(16-21)32-38(7,35)36/h8-17,27,32H,1-7H3,(H,30,31). The molecule has 9 heteroatoms. The van der Waals surface area contributed by atoms with Crippen molar-refractivity contribution in [2.24, 2.45) is 0 Å². The van der Waals surface area contributed by atoms with Crippen LogP contribution in [0.3, 0.4) is 0 Å². The monoisotopic (exact) mass is 534 g/mol. The summed E-state index contributed by atoms with van der Waals surface area (Å²) in [6.45, 7) is 9.84. The first-order valence-electron chi connectivity index (χ1n) is 12.4. The number of rotatable bonds is 8. The summed E-state index contributed by atoms with van der Waals surface area (Å²) in [6.07, 6.45) is 1.09. The lowest BCUT2D eigenvalue weighted by molar-refractivity contribution is 0.0635. The predicted molar refractivity (Wildman–Crippen MR) is 151 cm³/mol. The van der Waals surface area contributed by atoms with Gasteiger partial charge >= 0.3 is 0 Å². The van der Waals surface area contributed by atoms with E-state index in [-0.39, 0.29) is 17.6 Å². The van der Waals surface area contributed by atoms with Crippen LogP contribution in [0.2, 0.25) is 0 Å². The molecule has 1 unspecified atom stereocenters. The number of aromatic nitrogens is 2. The zero-order valence-corrected chi connectivity index (χ0v) is 23.6. The Hall–Kier alpha value is -3.85. The highest BCUT2D eigenvalue weighted by molar-refractivity contribution is 7.92. The number of benzene rings is 3. The van der Waals surface area contributed by atoms with Gasteiger partial charge in [0.05, 0.1) is 30.1 Å². The number of ether oxygens (including phenoxy) is 1. The van der Waals surface area contributed by atoms with E-state index in [1.807, 2.05) is 77.1 Å². The van der Waals surface area contributed by atoms with Crippen LogP contribution in [0.15, 0.2) is 54.6 Å². The lowest BCUT2D eigenvalue weighted by atomic mass is 9.95. The molecular weight excluding hydrogens is 500 g/mol. The fourth-order valence-electron chi connectivity index (χ4n) is 5.02. The molecule has 3 aromatic carbocycles. The number of carbonyl (C=O) groups excluding carboxylic acids is 1. The second-order valence-corrected chi connectivity index (χ2v) is 11.7. The highest BCUT2D eigenvalue weighted by atomic mass is 32.2. The molecule has 0 aliphatic heterocycles. The zero-order valence-electron chi connectivity index (χ0n) is 22.8. The van der Waals surface area contributed by atoms with Gasteiger partial charge in [0.1, 0.15) is 17.6 Å². The molecule has 0 aliphatic carbocycles. The Bertz CT molecular complexity index is 1550. The largest absolute Gasteiger partial charge is 0.495 e. The molecule has 0 radical (unpaired) electrons. The molecule has 1 aromatic heterocycles. The van der Waals surface area contributed by atoms with E-state index in [2.05, 4.69) is 9.71 Å². The molecule has 38 heavy (non-hydrogen) atoms. The van der Waals surface area contributed by atoms with Crippen molar-refractivity contribution in [2.45, 2.75) is 46.7 Å². The summed E-state index contributed by atoms with van der Waals surface area (Å²) in [5, 5.41) is 0. The summed E-state index contributed by atoms with van der Waals surface area (Å²) in [4.78, 5) is 24.4. The van der Waals surface area contributed by atoms with Gasteiger partial charge < -0.3 is 14.6 Å². The number of methoxy groups -OCH3 is 1. The van der Waals surface area contributed by atoms with Crippen molar-refractivity contribution in [2.75, 3.05) is 18.1 Å². The molecular formula is C29H34N4O4S. The van der Waals surface area contributed by atoms with Crippen molar-refractivity contribution in [1.29, 1.82) is 0 Å². The molecule has 0 saturated carbocycles. The first-order valence-corrected chi connectivity index (χ1v) is 14.3. The zero-order chi connectivity index (χ0) is 27.8. The first kappa shape index (κ1) is 27.2. The summed E-state index contributed by atoms with van der Waals surface area (Å²) in [5.74, 6) is 0.815. The molecule has 1 amide bonds. The Balaban J connectivity index is 1.96. The minimum atomic E-state index is -3.58. The van der Waals surface area contributed by atoms with E-state index in [1.165, 1.54) is 7.11 Å². The van der Waals surface area contributed by atoms with Crippen LogP contribution in [0, 0.1) is 20.8 Å². The number of fused-ring (bicyclic) bond motifs is 1. The molecule has 8 nitrogen and oxygen atoms in total. The number of anilines is 1. The Morgan fingerprint density at radius 3 is 2.26 bits per heavy atom. The van der Waals surface area contributed by atoms with Crippen LogP contribution >= 0.6 is 0 Å². The molecule has 200 valence electrons. The molecule has 1 atom stereocenters. The third-order valence-corrected chi connectivity index (χ3v) is 7.05. The second-order valence-electron chi connectivity index (χ2n) is 9.96. The second kappa shape index (κ2) is 10.5. The van der Waals surface area contributed by atoms with Crippen molar-refractivity contribution < 1.29 is 17.9 Å². The highest BCUT2D eigenvalue weighted by Gasteiger charge is 2.34. The first-order chi connectivity index (χ1) is 17.9. The maximum atomic E-state index is 14.3. The average molecular weight is 535 g/mol. The van der Waals surface area contributed by atoms with Crippen molar-refractivity contribution >= 4 is 32.7 Å². The lowest BCUT2D eigenvalue weighted by Gasteiger charge is -2.35. The minimum Gasteiger partial charge on any atom is -0.495 e. The molecule has 0 spiro atoms. The quantitative estimate of drug-likeness (QED) is 0.310. The van der Waals surface area contributed by atoms with Crippen LogP contribution in [0.25, 0.3) is 11.0 Å². The Morgan fingerprint density at radius 2 is 1.68 bits per heavy atom. The van der Waals surface area contributed by atoms with Crippen LogP contribution in [-0.4, -0.2) is 48.6 Å². The summed E-state index contributed by atoms with van der Waals surface area (Å²) in [7, 11) is -2.10. The molecule has 4 aromatic rings. The summed E-state index contributed by atoms with van der Waals surface area (Å²) in [5.41, 5.74) is 6.12. The van der Waals surface area contributed by atoms with Gasteiger partial charge in [-0.05, 0) is 75.6 Å². The number of nitrogens with one attached hydrogen (secondary N) is 2. The Morgan fingerprint density at radius 1 is 1.03 bits per heavy atom. The number of sulfonamides is 1. The highest BCUT2D eigenvalue weighted by Crippen LogP contribution is 2.37. The van der Waals surface area contributed by atoms with Crippen LogP contribution in [0.4, 0.5) is 5.69 Å². The fraction of sp³-hybridized carbons (Fsp3) is 0.310. The molecule has 2 N–H and O–H groups in total. The third kappa shape index (κ3) is 5.52. The van der Waals surface area contributed by atoms with Crippen LogP contribution in [0.5, 0.6) is 5.75 Å². The fourth-order valence-corrected chi connectivity index (χ4v) is 5.58. The number of aryl methyl sites for hydroxylation is 3. The maximum Gasteiger partial charge on any atom is 0.255 e. The van der Waals surface area contributed by atoms with Gasteiger partial charge in [-0.1, -0.05) is 35.9 Å². The molecule has 1 heterocycles. The number of imidazole rings is 1. The average Bonchev–Trinajstić information content (AvgIpc) is 3.24. The SMILES string of the molecule is COc1ccc(C(c2nc3ccccc3[nH]2)N(C(=O)c2c(C)cc(C)cc2C)C(C)C)cc1NS(C)(=O)=O. The van der Waals surface area contributed by atoms with Gasteiger partial charge in [-0.2, -0.15) is 0 Å². The van der Waals surface area contributed by atoms with Gasteiger partial charge in [0.15, 0.2) is 0 Å². The smallest absolute Gasteiger partial charge is 0.255 e. The summed E-state index contributed by atoms with van der Waals surface area (Å²) < 4.78 is 32.2. The van der Waals surface area contributed by atoms with Crippen LogP contribution in [-0.2, 0) is 10.0 Å². The normalized spacial score (nSPS) is 12.5. The minimum absolute atomic E-state index is 0.131. The van der Waals surface area contributed by atoms with E-state index < -0.39 is 16.1 Å². The van der Waals surface area contributed by atoms with Gasteiger partial charge in [0, 0.05) is 11.6 Å². The van der Waals surface area contributed by atoms with Crippen molar-refractivity contribution in [3.63, 3.8) is 0 Å². The lowest BCUT2D eigenvalue weighted by Crippen LogP contribution is -2.41. The van der Waals surface area contributed by atoms with E-state index in [0.717, 1.165) is 34.0 Å². The van der Waals surface area contributed by atoms with E-state index in [9.17, 15) is 13.2 Å². The van der Waals surface area contributed by atoms with E-state index in [0.29, 0.717) is 22.7 Å². The van der Waals surface area contributed by atoms with Crippen molar-refractivity contribution in [1.82, 2.24) is 14.9 Å². The summed E-state index contributed by atoms with van der Waals surface area (Å²) in [6, 6.07) is 16.1. The topological polar surface area (TPSA) is 104 Å². The Labute approximate surface area is 224 Å². The van der Waals surface area contributed by atoms with E-state index in [4.69, 9.17) is 9.72 Å². The number of hydrogen-bond acceptors (Lipinski definition) is 5. The molecule has 0 bridgehead atoms. The van der Waals surface area contributed by atoms with E-state index >= 15 is 0 Å². The third-order valence-electron chi connectivity index (χ3n) is 6.46. The molecule has 0 fully saturated rings. The predicted octanol–water partition coefficient (Wildman–Crippen LogP) is 5.51. The van der Waals surface area contributed by atoms with Crippen LogP contribution < -0.4 is 9.46 Å². The van der Waals surface area contributed by atoms with Gasteiger partial charge in [0.25, 0.3) is 5.91 Å².